The van der Waals surface area contributed by atoms with Crippen molar-refractivity contribution in [2.75, 3.05) is 7.11 Å². The van der Waals surface area contributed by atoms with Gasteiger partial charge in [-0.2, -0.15) is 5.10 Å². The van der Waals surface area contributed by atoms with Crippen molar-refractivity contribution in [2.45, 2.75) is 12.5 Å². The van der Waals surface area contributed by atoms with Crippen LogP contribution in [-0.4, -0.2) is 21.9 Å². The number of allylic oxidation sites excluding steroid dienone is 4. The van der Waals surface area contributed by atoms with Gasteiger partial charge in [-0.25, -0.2) is 0 Å². The zero-order chi connectivity index (χ0) is 13.2. The van der Waals surface area contributed by atoms with E-state index in [2.05, 4.69) is 16.3 Å². The quantitative estimate of drug-likeness (QED) is 0.877. The SMILES string of the molecule is COC1=CC=CCC1n1c(-c2cccs2)n[nH]c1=S. The summed E-state index contributed by atoms with van der Waals surface area (Å²) in [6.45, 7) is 0. The van der Waals surface area contributed by atoms with Gasteiger partial charge in [-0.15, -0.1) is 11.3 Å². The van der Waals surface area contributed by atoms with E-state index in [1.165, 1.54) is 0 Å². The molecule has 4 nitrogen and oxygen atoms in total. The number of H-pyrrole nitrogens is 1. The third-order valence-corrected chi connectivity index (χ3v) is 4.23. The molecule has 0 bridgehead atoms. The molecule has 0 radical (unpaired) electrons. The molecule has 1 atom stereocenters. The summed E-state index contributed by atoms with van der Waals surface area (Å²) in [7, 11) is 1.69. The Balaban J connectivity index is 2.11. The molecule has 0 saturated carbocycles. The van der Waals surface area contributed by atoms with Gasteiger partial charge in [0.05, 0.1) is 18.0 Å². The molecular weight excluding hydrogens is 278 g/mol. The van der Waals surface area contributed by atoms with E-state index in [4.69, 9.17) is 17.0 Å². The molecule has 1 aliphatic carbocycles. The molecule has 3 rings (SSSR count). The van der Waals surface area contributed by atoms with Crippen LogP contribution in [0.2, 0.25) is 0 Å². The number of ether oxygens (including phenoxy) is 1. The van der Waals surface area contributed by atoms with Gasteiger partial charge in [0.25, 0.3) is 0 Å². The highest BCUT2D eigenvalue weighted by molar-refractivity contribution is 7.71. The molecule has 98 valence electrons. The number of hydrogen-bond donors (Lipinski definition) is 1. The molecule has 0 spiro atoms. The smallest absolute Gasteiger partial charge is 0.196 e. The number of nitrogens with one attached hydrogen (secondary N) is 1. The third-order valence-electron chi connectivity index (χ3n) is 3.08. The highest BCUT2D eigenvalue weighted by Crippen LogP contribution is 2.32. The number of rotatable bonds is 3. The Morgan fingerprint density at radius 3 is 3.21 bits per heavy atom. The maximum atomic E-state index is 5.46. The maximum Gasteiger partial charge on any atom is 0.196 e. The number of methoxy groups -OCH3 is 1. The van der Waals surface area contributed by atoms with Gasteiger partial charge in [-0.3, -0.25) is 9.67 Å². The summed E-state index contributed by atoms with van der Waals surface area (Å²) in [5, 5.41) is 9.27. The molecule has 0 fully saturated rings. The molecule has 0 aliphatic heterocycles. The predicted octanol–water partition coefficient (Wildman–Crippen LogP) is 3.70. The van der Waals surface area contributed by atoms with Crippen LogP contribution < -0.4 is 0 Å². The lowest BCUT2D eigenvalue weighted by molar-refractivity contribution is 0.239. The van der Waals surface area contributed by atoms with E-state index < -0.39 is 0 Å². The summed E-state index contributed by atoms with van der Waals surface area (Å²) in [5.41, 5.74) is 0. The lowest BCUT2D eigenvalue weighted by Gasteiger charge is -2.22. The molecule has 1 N–H and O–H groups in total. The van der Waals surface area contributed by atoms with Gasteiger partial charge in [0.15, 0.2) is 10.6 Å². The van der Waals surface area contributed by atoms with Crippen LogP contribution in [0, 0.1) is 4.77 Å². The Morgan fingerprint density at radius 2 is 2.47 bits per heavy atom. The second-order valence-corrected chi connectivity index (χ2v) is 5.49. The molecule has 2 aromatic rings. The highest BCUT2D eigenvalue weighted by Gasteiger charge is 2.23. The summed E-state index contributed by atoms with van der Waals surface area (Å²) in [5.74, 6) is 1.76. The lowest BCUT2D eigenvalue weighted by Crippen LogP contribution is -2.15. The van der Waals surface area contributed by atoms with Gasteiger partial charge in [-0.05, 0) is 36.2 Å². The van der Waals surface area contributed by atoms with E-state index in [1.807, 2.05) is 34.2 Å². The van der Waals surface area contributed by atoms with Crippen LogP contribution in [-0.2, 0) is 4.74 Å². The van der Waals surface area contributed by atoms with Crippen molar-refractivity contribution in [1.82, 2.24) is 14.8 Å². The molecule has 1 aliphatic rings. The van der Waals surface area contributed by atoms with E-state index in [0.29, 0.717) is 4.77 Å². The lowest BCUT2D eigenvalue weighted by atomic mass is 10.1. The van der Waals surface area contributed by atoms with E-state index in [-0.39, 0.29) is 6.04 Å². The van der Waals surface area contributed by atoms with Crippen LogP contribution in [0.15, 0.2) is 41.5 Å². The van der Waals surface area contributed by atoms with Gasteiger partial charge >= 0.3 is 0 Å². The highest BCUT2D eigenvalue weighted by atomic mass is 32.1. The fourth-order valence-corrected chi connectivity index (χ4v) is 3.18. The van der Waals surface area contributed by atoms with E-state index in [1.54, 1.807) is 18.4 Å². The largest absolute Gasteiger partial charge is 0.499 e. The Hall–Kier alpha value is -1.66. The molecule has 19 heavy (non-hydrogen) atoms. The first-order valence-electron chi connectivity index (χ1n) is 5.92. The predicted molar refractivity (Wildman–Crippen MR) is 78.6 cm³/mol. The monoisotopic (exact) mass is 291 g/mol. The van der Waals surface area contributed by atoms with Gasteiger partial charge < -0.3 is 4.74 Å². The van der Waals surface area contributed by atoms with E-state index in [9.17, 15) is 0 Å². The zero-order valence-corrected chi connectivity index (χ0v) is 12.0. The van der Waals surface area contributed by atoms with E-state index >= 15 is 0 Å². The molecule has 0 amide bonds. The van der Waals surface area contributed by atoms with Crippen LogP contribution in [0.3, 0.4) is 0 Å². The summed E-state index contributed by atoms with van der Waals surface area (Å²) in [4.78, 5) is 1.09. The van der Waals surface area contributed by atoms with Gasteiger partial charge in [-0.1, -0.05) is 18.2 Å². The van der Waals surface area contributed by atoms with Crippen LogP contribution in [0.1, 0.15) is 12.5 Å². The van der Waals surface area contributed by atoms with Crippen LogP contribution in [0.25, 0.3) is 10.7 Å². The minimum atomic E-state index is 0.0679. The van der Waals surface area contributed by atoms with Crippen LogP contribution in [0.4, 0.5) is 0 Å². The minimum absolute atomic E-state index is 0.0679. The number of aromatic amines is 1. The van der Waals surface area contributed by atoms with Crippen molar-refractivity contribution in [3.05, 3.63) is 46.3 Å². The molecular formula is C13H13N3OS2. The average Bonchev–Trinajstić information content (AvgIpc) is 3.07. The van der Waals surface area contributed by atoms with Crippen molar-refractivity contribution >= 4 is 23.6 Å². The van der Waals surface area contributed by atoms with Gasteiger partial charge in [0.1, 0.15) is 5.76 Å². The summed E-state index contributed by atoms with van der Waals surface area (Å²) >= 11 is 7.02. The molecule has 2 aromatic heterocycles. The second kappa shape index (κ2) is 5.14. The first kappa shape index (κ1) is 12.4. The molecule has 2 heterocycles. The Kier molecular flexibility index (Phi) is 3.35. The molecule has 0 saturated heterocycles. The van der Waals surface area contributed by atoms with Crippen LogP contribution >= 0.6 is 23.6 Å². The maximum absolute atomic E-state index is 5.46. The average molecular weight is 291 g/mol. The number of thiophene rings is 1. The van der Waals surface area contributed by atoms with Crippen molar-refractivity contribution in [3.8, 4) is 10.7 Å². The van der Waals surface area contributed by atoms with Crippen molar-refractivity contribution < 1.29 is 4.74 Å². The number of hydrogen-bond acceptors (Lipinski definition) is 4. The Morgan fingerprint density at radius 1 is 1.58 bits per heavy atom. The van der Waals surface area contributed by atoms with Crippen molar-refractivity contribution in [1.29, 1.82) is 0 Å². The minimum Gasteiger partial charge on any atom is -0.499 e. The van der Waals surface area contributed by atoms with Crippen molar-refractivity contribution in [2.24, 2.45) is 0 Å². The summed E-state index contributed by atoms with van der Waals surface area (Å²) < 4.78 is 8.10. The normalized spacial score (nSPS) is 18.4. The topological polar surface area (TPSA) is 42.8 Å². The number of aromatic nitrogens is 3. The molecule has 1 unspecified atom stereocenters. The second-order valence-electron chi connectivity index (χ2n) is 4.15. The molecule has 6 heteroatoms. The molecule has 0 aromatic carbocycles. The van der Waals surface area contributed by atoms with Crippen LogP contribution in [0.5, 0.6) is 0 Å². The standard InChI is InChI=1S/C13H13N3OS2/c1-17-10-6-3-2-5-9(10)16-12(14-15-13(16)18)11-7-4-8-19-11/h2-4,6-9H,5H2,1H3,(H,15,18). The number of nitrogens with zero attached hydrogens (tertiary/aromatic N) is 2. The van der Waals surface area contributed by atoms with Gasteiger partial charge in [0, 0.05) is 0 Å². The zero-order valence-electron chi connectivity index (χ0n) is 10.4. The Bertz CT molecular complexity index is 679. The first-order chi connectivity index (χ1) is 9.31. The fraction of sp³-hybridized carbons (Fsp3) is 0.231. The van der Waals surface area contributed by atoms with Gasteiger partial charge in [0.2, 0.25) is 0 Å². The Labute approximate surface area is 120 Å². The van der Waals surface area contributed by atoms with E-state index in [0.717, 1.165) is 22.9 Å². The fourth-order valence-electron chi connectivity index (χ4n) is 2.21. The first-order valence-corrected chi connectivity index (χ1v) is 7.21. The summed E-state index contributed by atoms with van der Waals surface area (Å²) in [6, 6.07) is 4.12. The third kappa shape index (κ3) is 2.17. The van der Waals surface area contributed by atoms with Crippen molar-refractivity contribution in [3.63, 3.8) is 0 Å². The summed E-state index contributed by atoms with van der Waals surface area (Å²) in [6.07, 6.45) is 6.94.